The van der Waals surface area contributed by atoms with E-state index in [1.165, 1.54) is 11.0 Å². The summed E-state index contributed by atoms with van der Waals surface area (Å²) in [5.74, 6) is -0.627. The van der Waals surface area contributed by atoms with E-state index in [9.17, 15) is 20.0 Å². The third kappa shape index (κ3) is 2.40. The van der Waals surface area contributed by atoms with Gasteiger partial charge in [-0.2, -0.15) is 0 Å². The van der Waals surface area contributed by atoms with Gasteiger partial charge in [-0.25, -0.2) is 0 Å². The molecule has 18 heavy (non-hydrogen) atoms. The van der Waals surface area contributed by atoms with Gasteiger partial charge in [0.05, 0.1) is 18.1 Å². The van der Waals surface area contributed by atoms with Crippen molar-refractivity contribution < 1.29 is 19.6 Å². The average molecular weight is 252 g/mol. The zero-order chi connectivity index (χ0) is 13.1. The van der Waals surface area contributed by atoms with Crippen LogP contribution in [0.25, 0.3) is 0 Å². The summed E-state index contributed by atoms with van der Waals surface area (Å²) in [5, 5.41) is 20.2. The Bertz CT molecular complexity index is 482. The van der Waals surface area contributed by atoms with Crippen molar-refractivity contribution in [3.8, 4) is 5.75 Å². The molecule has 1 amide bonds. The maximum absolute atomic E-state index is 12.1. The van der Waals surface area contributed by atoms with Crippen LogP contribution >= 0.6 is 0 Å². The van der Waals surface area contributed by atoms with Crippen LogP contribution in [0.4, 0.5) is 5.69 Å². The number of amides is 1. The van der Waals surface area contributed by atoms with Crippen LogP contribution in [-0.2, 0) is 4.74 Å². The Labute approximate surface area is 103 Å². The number of rotatable bonds is 2. The van der Waals surface area contributed by atoms with Crippen molar-refractivity contribution in [2.24, 2.45) is 0 Å². The number of nitrogens with zero attached hydrogens (tertiary/aromatic N) is 2. The number of ether oxygens (including phenoxy) is 1. The third-order valence-corrected chi connectivity index (χ3v) is 2.71. The van der Waals surface area contributed by atoms with Gasteiger partial charge in [0, 0.05) is 19.2 Å². The number of hydrogen-bond donors (Lipinski definition) is 1. The highest BCUT2D eigenvalue weighted by molar-refractivity contribution is 5.98. The molecule has 7 nitrogen and oxygen atoms in total. The molecular weight excluding hydrogens is 240 g/mol. The molecule has 0 radical (unpaired) electrons. The van der Waals surface area contributed by atoms with Crippen LogP contribution < -0.4 is 0 Å². The predicted octanol–water partition coefficient (Wildman–Crippen LogP) is 0.773. The lowest BCUT2D eigenvalue weighted by Gasteiger charge is -2.26. The van der Waals surface area contributed by atoms with Crippen molar-refractivity contribution in [1.29, 1.82) is 0 Å². The molecule has 0 saturated carbocycles. The lowest BCUT2D eigenvalue weighted by Crippen LogP contribution is -2.40. The van der Waals surface area contributed by atoms with E-state index in [1.807, 2.05) is 0 Å². The molecule has 0 aliphatic carbocycles. The van der Waals surface area contributed by atoms with Crippen molar-refractivity contribution in [3.63, 3.8) is 0 Å². The molecule has 1 aliphatic rings. The number of nitro groups is 1. The number of phenols is 1. The molecule has 0 aromatic heterocycles. The van der Waals surface area contributed by atoms with E-state index < -0.39 is 10.8 Å². The molecule has 1 aromatic rings. The number of phenolic OH excluding ortho intramolecular Hbond substituents is 1. The van der Waals surface area contributed by atoms with Crippen LogP contribution in [0.1, 0.15) is 10.4 Å². The van der Waals surface area contributed by atoms with Gasteiger partial charge in [0.1, 0.15) is 11.3 Å². The summed E-state index contributed by atoms with van der Waals surface area (Å²) in [5.41, 5.74) is -0.397. The van der Waals surface area contributed by atoms with Gasteiger partial charge in [-0.15, -0.1) is 0 Å². The molecule has 1 aromatic carbocycles. The van der Waals surface area contributed by atoms with Gasteiger partial charge in [-0.05, 0) is 12.1 Å². The molecule has 1 saturated heterocycles. The van der Waals surface area contributed by atoms with Gasteiger partial charge in [-0.1, -0.05) is 0 Å². The van der Waals surface area contributed by atoms with E-state index in [1.54, 1.807) is 0 Å². The fraction of sp³-hybridized carbons (Fsp3) is 0.364. The van der Waals surface area contributed by atoms with Gasteiger partial charge < -0.3 is 14.7 Å². The highest BCUT2D eigenvalue weighted by Crippen LogP contribution is 2.24. The topological polar surface area (TPSA) is 92.9 Å². The van der Waals surface area contributed by atoms with Crippen molar-refractivity contribution in [2.45, 2.75) is 0 Å². The summed E-state index contributed by atoms with van der Waals surface area (Å²) in [6, 6.07) is 3.44. The van der Waals surface area contributed by atoms with E-state index in [2.05, 4.69) is 0 Å². The molecule has 1 heterocycles. The fourth-order valence-electron chi connectivity index (χ4n) is 1.79. The minimum absolute atomic E-state index is 0.0955. The normalized spacial score (nSPS) is 15.4. The minimum Gasteiger partial charge on any atom is -0.508 e. The van der Waals surface area contributed by atoms with E-state index in [0.717, 1.165) is 12.1 Å². The molecular formula is C11H12N2O5. The Morgan fingerprint density at radius 2 is 2.06 bits per heavy atom. The van der Waals surface area contributed by atoms with E-state index >= 15 is 0 Å². The van der Waals surface area contributed by atoms with Gasteiger partial charge in [0.25, 0.3) is 11.6 Å². The van der Waals surface area contributed by atoms with Gasteiger partial charge in [-0.3, -0.25) is 14.9 Å². The number of nitro benzene ring substituents is 1. The van der Waals surface area contributed by atoms with Crippen molar-refractivity contribution in [1.82, 2.24) is 4.90 Å². The maximum atomic E-state index is 12.1. The number of benzene rings is 1. The Morgan fingerprint density at radius 3 is 2.67 bits per heavy atom. The molecule has 1 fully saturated rings. The second-order valence-electron chi connectivity index (χ2n) is 3.86. The molecule has 0 spiro atoms. The molecule has 1 aliphatic heterocycles. The van der Waals surface area contributed by atoms with Crippen LogP contribution in [0.3, 0.4) is 0 Å². The first-order valence-electron chi connectivity index (χ1n) is 5.44. The third-order valence-electron chi connectivity index (χ3n) is 2.71. The SMILES string of the molecule is O=C(c1cc(O)ccc1[N+](=O)[O-])N1CCOCC1. The summed E-state index contributed by atoms with van der Waals surface area (Å²) in [4.78, 5) is 23.8. The van der Waals surface area contributed by atoms with Crippen LogP contribution in [0.15, 0.2) is 18.2 Å². The number of morpholine rings is 1. The van der Waals surface area contributed by atoms with E-state index in [-0.39, 0.29) is 17.0 Å². The number of carbonyl (C=O) groups excluding carboxylic acids is 1. The Balaban J connectivity index is 2.33. The summed E-state index contributed by atoms with van der Waals surface area (Å²) in [6.07, 6.45) is 0. The first-order valence-corrected chi connectivity index (χ1v) is 5.44. The van der Waals surface area contributed by atoms with E-state index in [4.69, 9.17) is 4.74 Å². The summed E-state index contributed by atoms with van der Waals surface area (Å²) in [7, 11) is 0. The van der Waals surface area contributed by atoms with Crippen LogP contribution in [-0.4, -0.2) is 47.1 Å². The Hall–Kier alpha value is -2.15. The lowest BCUT2D eigenvalue weighted by atomic mass is 10.1. The Morgan fingerprint density at radius 1 is 1.39 bits per heavy atom. The second kappa shape index (κ2) is 5.01. The van der Waals surface area contributed by atoms with Crippen molar-refractivity contribution >= 4 is 11.6 Å². The average Bonchev–Trinajstić information content (AvgIpc) is 2.38. The molecule has 0 unspecified atom stereocenters. The quantitative estimate of drug-likeness (QED) is 0.620. The number of hydrogen-bond acceptors (Lipinski definition) is 5. The zero-order valence-electron chi connectivity index (χ0n) is 9.54. The highest BCUT2D eigenvalue weighted by atomic mass is 16.6. The summed E-state index contributed by atoms with van der Waals surface area (Å²) < 4.78 is 5.11. The maximum Gasteiger partial charge on any atom is 0.282 e. The van der Waals surface area contributed by atoms with E-state index in [0.29, 0.717) is 26.3 Å². The molecule has 7 heteroatoms. The van der Waals surface area contributed by atoms with Crippen molar-refractivity contribution in [2.75, 3.05) is 26.3 Å². The number of aromatic hydroxyl groups is 1. The predicted molar refractivity (Wildman–Crippen MR) is 61.5 cm³/mol. The van der Waals surface area contributed by atoms with Gasteiger partial charge >= 0.3 is 0 Å². The molecule has 0 bridgehead atoms. The van der Waals surface area contributed by atoms with Crippen molar-refractivity contribution in [3.05, 3.63) is 33.9 Å². The van der Waals surface area contributed by atoms with Gasteiger partial charge in [0.2, 0.25) is 0 Å². The van der Waals surface area contributed by atoms with Crippen LogP contribution in [0.2, 0.25) is 0 Å². The first kappa shape index (κ1) is 12.3. The molecule has 96 valence electrons. The Kier molecular flexibility index (Phi) is 3.42. The minimum atomic E-state index is -0.632. The monoisotopic (exact) mass is 252 g/mol. The molecule has 0 atom stereocenters. The lowest BCUT2D eigenvalue weighted by molar-refractivity contribution is -0.385. The standard InChI is InChI=1S/C11H12N2O5/c14-8-1-2-10(13(16)17)9(7-8)11(15)12-3-5-18-6-4-12/h1-2,7,14H,3-6H2. The fourth-order valence-corrected chi connectivity index (χ4v) is 1.79. The molecule has 1 N–H and O–H groups in total. The smallest absolute Gasteiger partial charge is 0.282 e. The molecule has 2 rings (SSSR count). The zero-order valence-corrected chi connectivity index (χ0v) is 9.54. The largest absolute Gasteiger partial charge is 0.508 e. The van der Waals surface area contributed by atoms with Gasteiger partial charge in [0.15, 0.2) is 0 Å². The number of carbonyl (C=O) groups is 1. The summed E-state index contributed by atoms with van der Waals surface area (Å²) >= 11 is 0. The first-order chi connectivity index (χ1) is 8.59. The second-order valence-corrected chi connectivity index (χ2v) is 3.86. The van der Waals surface area contributed by atoms with Crippen LogP contribution in [0, 0.1) is 10.1 Å². The van der Waals surface area contributed by atoms with Crippen LogP contribution in [0.5, 0.6) is 5.75 Å². The highest BCUT2D eigenvalue weighted by Gasteiger charge is 2.26. The summed E-state index contributed by atoms with van der Waals surface area (Å²) in [6.45, 7) is 1.62.